The van der Waals surface area contributed by atoms with Crippen LogP contribution in [-0.2, 0) is 0 Å². The third kappa shape index (κ3) is 3.73. The number of amides is 1. The number of benzene rings is 2. The lowest BCUT2D eigenvalue weighted by Crippen LogP contribution is -2.31. The van der Waals surface area contributed by atoms with Gasteiger partial charge in [0, 0.05) is 13.1 Å². The highest BCUT2D eigenvalue weighted by Crippen LogP contribution is 2.30. The predicted molar refractivity (Wildman–Crippen MR) is 95.7 cm³/mol. The van der Waals surface area contributed by atoms with E-state index in [2.05, 4.69) is 6.92 Å². The van der Waals surface area contributed by atoms with Crippen LogP contribution in [0.4, 0.5) is 0 Å². The largest absolute Gasteiger partial charge is 0.388 e. The van der Waals surface area contributed by atoms with E-state index in [1.807, 2.05) is 55.1 Å². The monoisotopic (exact) mass is 313 g/mol. The average Bonchev–Trinajstić information content (AvgIpc) is 2.59. The van der Waals surface area contributed by atoms with Gasteiger partial charge in [0.15, 0.2) is 0 Å². The summed E-state index contributed by atoms with van der Waals surface area (Å²) >= 11 is 0. The molecule has 0 heterocycles. The van der Waals surface area contributed by atoms with Gasteiger partial charge in [-0.3, -0.25) is 4.79 Å². The summed E-state index contributed by atoms with van der Waals surface area (Å²) in [5.41, 5.74) is 1.42. The zero-order valence-electron chi connectivity index (χ0n) is 14.4. The Morgan fingerprint density at radius 3 is 2.43 bits per heavy atom. The second kappa shape index (κ2) is 8.11. The van der Waals surface area contributed by atoms with Gasteiger partial charge in [0.2, 0.25) is 0 Å². The van der Waals surface area contributed by atoms with E-state index < -0.39 is 6.10 Å². The first-order valence-corrected chi connectivity index (χ1v) is 8.62. The number of hydrogen-bond donors (Lipinski definition) is 1. The van der Waals surface area contributed by atoms with Crippen molar-refractivity contribution < 1.29 is 9.90 Å². The van der Waals surface area contributed by atoms with E-state index in [-0.39, 0.29) is 5.91 Å². The van der Waals surface area contributed by atoms with Gasteiger partial charge < -0.3 is 10.0 Å². The first-order valence-electron chi connectivity index (χ1n) is 8.62. The van der Waals surface area contributed by atoms with Crippen molar-refractivity contribution in [3.63, 3.8) is 0 Å². The van der Waals surface area contributed by atoms with Crippen LogP contribution in [0.2, 0.25) is 0 Å². The number of aliphatic hydroxyl groups excluding tert-OH is 1. The van der Waals surface area contributed by atoms with E-state index >= 15 is 0 Å². The summed E-state index contributed by atoms with van der Waals surface area (Å²) in [7, 11) is 0. The van der Waals surface area contributed by atoms with Crippen molar-refractivity contribution >= 4 is 16.7 Å². The Labute approximate surface area is 138 Å². The van der Waals surface area contributed by atoms with Crippen molar-refractivity contribution in [2.45, 2.75) is 46.1 Å². The Morgan fingerprint density at radius 2 is 1.78 bits per heavy atom. The topological polar surface area (TPSA) is 40.5 Å². The molecule has 1 atom stereocenters. The molecule has 2 aromatic rings. The number of carbonyl (C=O) groups is 1. The van der Waals surface area contributed by atoms with Gasteiger partial charge in [-0.15, -0.1) is 0 Å². The molecule has 2 rings (SSSR count). The van der Waals surface area contributed by atoms with Crippen LogP contribution in [0.5, 0.6) is 0 Å². The Hall–Kier alpha value is -1.87. The van der Waals surface area contributed by atoms with E-state index in [0.717, 1.165) is 29.2 Å². The van der Waals surface area contributed by atoms with Gasteiger partial charge in [0.05, 0.1) is 11.7 Å². The Morgan fingerprint density at radius 1 is 1.09 bits per heavy atom. The van der Waals surface area contributed by atoms with Crippen LogP contribution in [0.15, 0.2) is 36.4 Å². The lowest BCUT2D eigenvalue weighted by atomic mass is 9.92. The minimum Gasteiger partial charge on any atom is -0.388 e. The average molecular weight is 313 g/mol. The lowest BCUT2D eigenvalue weighted by molar-refractivity contribution is 0.0766. The molecule has 0 spiro atoms. The van der Waals surface area contributed by atoms with Gasteiger partial charge in [0.25, 0.3) is 5.91 Å². The van der Waals surface area contributed by atoms with Crippen LogP contribution < -0.4 is 0 Å². The Balaban J connectivity index is 2.58. The molecular formula is C20H27NO2. The smallest absolute Gasteiger partial charge is 0.254 e. The molecule has 0 aliphatic heterocycles. The molecule has 0 saturated heterocycles. The predicted octanol–water partition coefficient (Wildman–Crippen LogP) is 4.55. The highest BCUT2D eigenvalue weighted by atomic mass is 16.3. The molecule has 3 heteroatoms. The first-order chi connectivity index (χ1) is 11.1. The van der Waals surface area contributed by atoms with E-state index in [1.165, 1.54) is 0 Å². The fourth-order valence-electron chi connectivity index (χ4n) is 3.03. The second-order valence-electron chi connectivity index (χ2n) is 5.89. The minimum atomic E-state index is -0.589. The third-order valence-corrected chi connectivity index (χ3v) is 4.42. The standard InChI is InChI=1S/C20H27NO2/c1-4-7-12-18(22)17-14-13-15-10-8-9-11-16(15)19(17)20(23)21(5-2)6-3/h8-11,13-14,18,22H,4-7,12H2,1-3H3/t18-/m0/s1. The van der Waals surface area contributed by atoms with Gasteiger partial charge in [-0.25, -0.2) is 0 Å². The molecule has 0 bridgehead atoms. The molecule has 23 heavy (non-hydrogen) atoms. The van der Waals surface area contributed by atoms with Crippen LogP contribution in [0, 0.1) is 0 Å². The van der Waals surface area contributed by atoms with E-state index in [9.17, 15) is 9.90 Å². The van der Waals surface area contributed by atoms with Gasteiger partial charge >= 0.3 is 0 Å². The van der Waals surface area contributed by atoms with Crippen molar-refractivity contribution in [1.29, 1.82) is 0 Å². The number of aliphatic hydroxyl groups is 1. The minimum absolute atomic E-state index is 0.0114. The van der Waals surface area contributed by atoms with Gasteiger partial charge in [-0.05, 0) is 36.6 Å². The normalized spacial score (nSPS) is 12.3. The number of nitrogens with zero attached hydrogens (tertiary/aromatic N) is 1. The van der Waals surface area contributed by atoms with Crippen LogP contribution in [0.1, 0.15) is 62.1 Å². The molecule has 1 N–H and O–H groups in total. The first kappa shape index (κ1) is 17.5. The summed E-state index contributed by atoms with van der Waals surface area (Å²) < 4.78 is 0. The second-order valence-corrected chi connectivity index (χ2v) is 5.89. The van der Waals surface area contributed by atoms with Crippen molar-refractivity contribution in [3.8, 4) is 0 Å². The molecule has 3 nitrogen and oxygen atoms in total. The highest BCUT2D eigenvalue weighted by Gasteiger charge is 2.23. The molecule has 0 radical (unpaired) electrons. The van der Waals surface area contributed by atoms with Gasteiger partial charge in [-0.2, -0.15) is 0 Å². The summed E-state index contributed by atoms with van der Waals surface area (Å²) in [5.74, 6) is 0.0114. The molecule has 0 unspecified atom stereocenters. The Kier molecular flexibility index (Phi) is 6.17. The number of rotatable bonds is 7. The quantitative estimate of drug-likeness (QED) is 0.815. The molecule has 0 fully saturated rings. The molecule has 124 valence electrons. The van der Waals surface area contributed by atoms with Crippen molar-refractivity contribution in [2.75, 3.05) is 13.1 Å². The van der Waals surface area contributed by atoms with Gasteiger partial charge in [-0.1, -0.05) is 56.2 Å². The Bertz CT molecular complexity index is 662. The summed E-state index contributed by atoms with van der Waals surface area (Å²) in [6.45, 7) is 7.42. The summed E-state index contributed by atoms with van der Waals surface area (Å²) in [6, 6.07) is 11.8. The maximum Gasteiger partial charge on any atom is 0.254 e. The molecular weight excluding hydrogens is 286 g/mol. The van der Waals surface area contributed by atoms with Crippen molar-refractivity contribution in [1.82, 2.24) is 4.90 Å². The number of carbonyl (C=O) groups excluding carboxylic acids is 1. The SMILES string of the molecule is CCCC[C@H](O)c1ccc2ccccc2c1C(=O)N(CC)CC. The van der Waals surface area contributed by atoms with E-state index in [4.69, 9.17) is 0 Å². The summed E-state index contributed by atoms with van der Waals surface area (Å²) in [5, 5.41) is 12.6. The molecule has 0 aliphatic rings. The zero-order chi connectivity index (χ0) is 16.8. The van der Waals surface area contributed by atoms with Gasteiger partial charge in [0.1, 0.15) is 0 Å². The fourth-order valence-corrected chi connectivity index (χ4v) is 3.03. The maximum atomic E-state index is 13.0. The fraction of sp³-hybridized carbons (Fsp3) is 0.450. The highest BCUT2D eigenvalue weighted by molar-refractivity contribution is 6.08. The number of unbranched alkanes of at least 4 members (excludes halogenated alkanes) is 1. The summed E-state index contributed by atoms with van der Waals surface area (Å²) in [6.07, 6.45) is 2.08. The third-order valence-electron chi connectivity index (χ3n) is 4.42. The molecule has 0 aromatic heterocycles. The molecule has 1 amide bonds. The van der Waals surface area contributed by atoms with Crippen LogP contribution in [-0.4, -0.2) is 29.0 Å². The number of hydrogen-bond acceptors (Lipinski definition) is 2. The molecule has 0 aliphatic carbocycles. The van der Waals surface area contributed by atoms with Crippen LogP contribution in [0.25, 0.3) is 10.8 Å². The summed E-state index contributed by atoms with van der Waals surface area (Å²) in [4.78, 5) is 14.9. The maximum absolute atomic E-state index is 13.0. The number of fused-ring (bicyclic) bond motifs is 1. The molecule has 0 saturated carbocycles. The van der Waals surface area contributed by atoms with Crippen molar-refractivity contribution in [2.24, 2.45) is 0 Å². The van der Waals surface area contributed by atoms with E-state index in [1.54, 1.807) is 0 Å². The van der Waals surface area contributed by atoms with Crippen LogP contribution in [0.3, 0.4) is 0 Å². The lowest BCUT2D eigenvalue weighted by Gasteiger charge is -2.23. The zero-order valence-corrected chi connectivity index (χ0v) is 14.4. The van der Waals surface area contributed by atoms with Crippen molar-refractivity contribution in [3.05, 3.63) is 47.5 Å². The molecule has 2 aromatic carbocycles. The van der Waals surface area contributed by atoms with Crippen LogP contribution >= 0.6 is 0 Å². The van der Waals surface area contributed by atoms with E-state index in [0.29, 0.717) is 25.1 Å².